The second-order valence-electron chi connectivity index (χ2n) is 4.03. The summed E-state index contributed by atoms with van der Waals surface area (Å²) in [5.41, 5.74) is 8.34. The van der Waals surface area contributed by atoms with Gasteiger partial charge in [-0.25, -0.2) is 0 Å². The molecule has 18 heavy (non-hydrogen) atoms. The first kappa shape index (κ1) is 14.0. The Bertz CT molecular complexity index is 440. The molecule has 0 amide bonds. The predicted octanol–water partition coefficient (Wildman–Crippen LogP) is 2.17. The number of nitriles is 1. The van der Waals surface area contributed by atoms with E-state index in [0.29, 0.717) is 18.8 Å². The van der Waals surface area contributed by atoms with Crippen molar-refractivity contribution in [3.8, 4) is 6.07 Å². The highest BCUT2D eigenvalue weighted by atomic mass is 15.1. The van der Waals surface area contributed by atoms with E-state index in [1.54, 1.807) is 0 Å². The van der Waals surface area contributed by atoms with E-state index in [0.717, 1.165) is 18.5 Å². The van der Waals surface area contributed by atoms with Gasteiger partial charge in [-0.15, -0.1) is 0 Å². The maximum absolute atomic E-state index is 8.85. The fraction of sp³-hybridized carbons (Fsp3) is 0.267. The van der Waals surface area contributed by atoms with Crippen LogP contribution in [0.3, 0.4) is 0 Å². The zero-order chi connectivity index (χ0) is 13.4. The summed E-state index contributed by atoms with van der Waals surface area (Å²) in [6.45, 7) is 9.40. The van der Waals surface area contributed by atoms with E-state index in [4.69, 9.17) is 11.0 Å². The zero-order valence-electron chi connectivity index (χ0n) is 10.6. The summed E-state index contributed by atoms with van der Waals surface area (Å²) < 4.78 is 0. The van der Waals surface area contributed by atoms with Crippen molar-refractivity contribution in [3.63, 3.8) is 0 Å². The second-order valence-corrected chi connectivity index (χ2v) is 4.03. The molecule has 1 rings (SSSR count). The van der Waals surface area contributed by atoms with Gasteiger partial charge in [-0.3, -0.25) is 0 Å². The molecule has 0 atom stereocenters. The van der Waals surface area contributed by atoms with Crippen molar-refractivity contribution in [3.05, 3.63) is 54.2 Å². The number of nitrogens with zero attached hydrogens (tertiary/aromatic N) is 2. The highest BCUT2D eigenvalue weighted by Crippen LogP contribution is 2.08. The lowest BCUT2D eigenvalue weighted by Crippen LogP contribution is -2.30. The Morgan fingerprint density at radius 2 is 2.00 bits per heavy atom. The van der Waals surface area contributed by atoms with Crippen molar-refractivity contribution >= 4 is 6.08 Å². The Kier molecular flexibility index (Phi) is 5.69. The molecule has 0 saturated heterocycles. The van der Waals surface area contributed by atoms with Crippen LogP contribution in [0.25, 0.3) is 6.08 Å². The maximum atomic E-state index is 8.85. The number of rotatable bonds is 7. The fourth-order valence-electron chi connectivity index (χ4n) is 1.69. The van der Waals surface area contributed by atoms with Crippen LogP contribution in [0.15, 0.2) is 43.1 Å². The molecule has 0 spiro atoms. The summed E-state index contributed by atoms with van der Waals surface area (Å²) >= 11 is 0. The highest BCUT2D eigenvalue weighted by molar-refractivity contribution is 5.47. The van der Waals surface area contributed by atoms with Gasteiger partial charge >= 0.3 is 0 Å². The number of allylic oxidation sites excluding steroid dienone is 1. The number of nitrogens with two attached hydrogens (primary N) is 1. The molecule has 0 fully saturated rings. The van der Waals surface area contributed by atoms with Crippen molar-refractivity contribution in [1.82, 2.24) is 4.90 Å². The van der Waals surface area contributed by atoms with Gasteiger partial charge in [0, 0.05) is 19.6 Å². The number of hydrogen-bond donors (Lipinski definition) is 1. The third kappa shape index (κ3) is 4.08. The van der Waals surface area contributed by atoms with E-state index < -0.39 is 0 Å². The molecule has 0 heterocycles. The van der Waals surface area contributed by atoms with Gasteiger partial charge in [0.15, 0.2) is 0 Å². The van der Waals surface area contributed by atoms with Crippen LogP contribution >= 0.6 is 0 Å². The van der Waals surface area contributed by atoms with Crippen molar-refractivity contribution in [1.29, 1.82) is 5.26 Å². The van der Waals surface area contributed by atoms with E-state index in [1.807, 2.05) is 23.1 Å². The normalized spacial score (nSPS) is 9.56. The lowest BCUT2D eigenvalue weighted by molar-refractivity contribution is 0.371. The Morgan fingerprint density at radius 3 is 2.50 bits per heavy atom. The van der Waals surface area contributed by atoms with Gasteiger partial charge in [-0.2, -0.15) is 5.26 Å². The molecule has 0 radical (unpaired) electrons. The summed E-state index contributed by atoms with van der Waals surface area (Å²) in [6.07, 6.45) is 2.69. The quantitative estimate of drug-likeness (QED) is 0.744. The van der Waals surface area contributed by atoms with Crippen LogP contribution in [0.1, 0.15) is 11.1 Å². The minimum Gasteiger partial charge on any atom is -0.362 e. The van der Waals surface area contributed by atoms with Crippen molar-refractivity contribution < 1.29 is 0 Å². The van der Waals surface area contributed by atoms with Crippen LogP contribution in [0.2, 0.25) is 0 Å². The fourth-order valence-corrected chi connectivity index (χ4v) is 1.69. The summed E-state index contributed by atoms with van der Waals surface area (Å²) in [4.78, 5) is 1.92. The largest absolute Gasteiger partial charge is 0.362 e. The molecule has 1 aromatic rings. The molecular formula is C15H19N3. The number of hydrogen-bond acceptors (Lipinski definition) is 3. The third-order valence-electron chi connectivity index (χ3n) is 2.80. The molecule has 3 heteroatoms. The van der Waals surface area contributed by atoms with E-state index in [1.165, 1.54) is 5.56 Å². The second kappa shape index (κ2) is 7.31. The van der Waals surface area contributed by atoms with Crippen LogP contribution in [0.4, 0.5) is 0 Å². The summed E-state index contributed by atoms with van der Waals surface area (Å²) in [5.74, 6) is 0. The molecule has 0 aromatic heterocycles. The molecule has 0 bridgehead atoms. The molecule has 1 aromatic carbocycles. The maximum Gasteiger partial charge on any atom is 0.116 e. The molecule has 0 aliphatic heterocycles. The molecule has 0 aliphatic carbocycles. The van der Waals surface area contributed by atoms with Gasteiger partial charge in [-0.1, -0.05) is 43.5 Å². The summed E-state index contributed by atoms with van der Waals surface area (Å²) in [7, 11) is 0. The van der Waals surface area contributed by atoms with Crippen molar-refractivity contribution in [2.45, 2.75) is 6.42 Å². The first-order chi connectivity index (χ1) is 8.71. The molecule has 3 nitrogen and oxygen atoms in total. The summed E-state index contributed by atoms with van der Waals surface area (Å²) in [6, 6.07) is 10.3. The Balaban J connectivity index is 2.58. The van der Waals surface area contributed by atoms with Gasteiger partial charge in [0.2, 0.25) is 0 Å². The van der Waals surface area contributed by atoms with Crippen LogP contribution in [0.5, 0.6) is 0 Å². The molecule has 0 aliphatic rings. The first-order valence-corrected chi connectivity index (χ1v) is 5.96. The van der Waals surface area contributed by atoms with Gasteiger partial charge in [0.05, 0.1) is 0 Å². The van der Waals surface area contributed by atoms with Crippen molar-refractivity contribution in [2.75, 3.05) is 19.6 Å². The van der Waals surface area contributed by atoms with Crippen molar-refractivity contribution in [2.24, 2.45) is 5.73 Å². The van der Waals surface area contributed by atoms with Crippen LogP contribution in [-0.4, -0.2) is 24.5 Å². The molecule has 0 saturated carbocycles. The zero-order valence-corrected chi connectivity index (χ0v) is 10.6. The standard InChI is InChI=1S/C15H19N3/c1-3-14-4-6-15(7-5-14)8-10-18(11-9-16)13(2)12-17/h3-7H,1-2,8-11,16H2. The SMILES string of the molecule is C=Cc1ccc(CCN(CCN)C(=C)C#N)cc1. The minimum atomic E-state index is 0.475. The van der Waals surface area contributed by atoms with Crippen LogP contribution < -0.4 is 5.73 Å². The molecular weight excluding hydrogens is 222 g/mol. The van der Waals surface area contributed by atoms with E-state index in [9.17, 15) is 0 Å². The van der Waals surface area contributed by atoms with Gasteiger partial charge in [0.25, 0.3) is 0 Å². The molecule has 0 unspecified atom stereocenters. The highest BCUT2D eigenvalue weighted by Gasteiger charge is 2.06. The average molecular weight is 241 g/mol. The van der Waals surface area contributed by atoms with Gasteiger partial charge in [-0.05, 0) is 17.5 Å². The topological polar surface area (TPSA) is 53.0 Å². The number of benzene rings is 1. The lowest BCUT2D eigenvalue weighted by atomic mass is 10.1. The average Bonchev–Trinajstić information content (AvgIpc) is 2.43. The predicted molar refractivity (Wildman–Crippen MR) is 75.6 cm³/mol. The Morgan fingerprint density at radius 1 is 1.33 bits per heavy atom. The smallest absolute Gasteiger partial charge is 0.116 e. The summed E-state index contributed by atoms with van der Waals surface area (Å²) in [5, 5.41) is 8.85. The Hall–Kier alpha value is -2.05. The van der Waals surface area contributed by atoms with Gasteiger partial charge < -0.3 is 10.6 Å². The monoisotopic (exact) mass is 241 g/mol. The van der Waals surface area contributed by atoms with E-state index in [2.05, 4.69) is 31.4 Å². The Labute approximate surface area is 109 Å². The van der Waals surface area contributed by atoms with Crippen LogP contribution in [-0.2, 0) is 6.42 Å². The third-order valence-corrected chi connectivity index (χ3v) is 2.80. The molecule has 2 N–H and O–H groups in total. The van der Waals surface area contributed by atoms with Gasteiger partial charge in [0.1, 0.15) is 11.8 Å². The molecule has 94 valence electrons. The lowest BCUT2D eigenvalue weighted by Gasteiger charge is -2.22. The van der Waals surface area contributed by atoms with Crippen LogP contribution in [0, 0.1) is 11.3 Å². The van der Waals surface area contributed by atoms with E-state index in [-0.39, 0.29) is 0 Å². The first-order valence-electron chi connectivity index (χ1n) is 5.96. The minimum absolute atomic E-state index is 0.475. The van der Waals surface area contributed by atoms with E-state index >= 15 is 0 Å².